The predicted molar refractivity (Wildman–Crippen MR) is 69.0 cm³/mol. The lowest BCUT2D eigenvalue weighted by Gasteiger charge is -2.51. The fraction of sp³-hybridized carbons (Fsp3) is 1.00. The summed E-state index contributed by atoms with van der Waals surface area (Å²) in [4.78, 5) is 5.67. The number of methoxy groups -OCH3 is 1. The van der Waals surface area contributed by atoms with Crippen molar-refractivity contribution in [1.82, 2.24) is 5.06 Å². The van der Waals surface area contributed by atoms with Gasteiger partial charge in [0.1, 0.15) is 6.10 Å². The van der Waals surface area contributed by atoms with E-state index < -0.39 is 5.72 Å². The van der Waals surface area contributed by atoms with Crippen LogP contribution in [0.5, 0.6) is 0 Å². The highest BCUT2D eigenvalue weighted by molar-refractivity contribution is 4.93. The maximum Gasteiger partial charge on any atom is 0.171 e. The largest absolute Gasteiger partial charge is 0.394 e. The fourth-order valence-electron chi connectivity index (χ4n) is 2.79. The first-order valence-electron chi connectivity index (χ1n) is 6.81. The molecule has 5 nitrogen and oxygen atoms in total. The Morgan fingerprint density at radius 1 is 1.44 bits per heavy atom. The molecule has 108 valence electrons. The van der Waals surface area contributed by atoms with Crippen LogP contribution in [-0.4, -0.2) is 55.5 Å². The van der Waals surface area contributed by atoms with Gasteiger partial charge in [-0.3, -0.25) is 4.84 Å². The van der Waals surface area contributed by atoms with Crippen molar-refractivity contribution in [3.8, 4) is 0 Å². The van der Waals surface area contributed by atoms with E-state index in [9.17, 15) is 0 Å². The monoisotopic (exact) mass is 261 g/mol. The summed E-state index contributed by atoms with van der Waals surface area (Å²) in [6, 6.07) is 0. The number of hydrogen-bond donors (Lipinski definition) is 1. The molecule has 18 heavy (non-hydrogen) atoms. The molecule has 0 saturated carbocycles. The summed E-state index contributed by atoms with van der Waals surface area (Å²) in [5.74, 6) is 0.237. The molecule has 0 aromatic carbocycles. The van der Waals surface area contributed by atoms with Gasteiger partial charge in [0.05, 0.1) is 13.2 Å². The van der Waals surface area contributed by atoms with Crippen LogP contribution in [0.1, 0.15) is 33.6 Å². The van der Waals surface area contributed by atoms with Crippen LogP contribution in [0.4, 0.5) is 0 Å². The molecule has 1 aliphatic rings. The van der Waals surface area contributed by atoms with E-state index in [1.54, 1.807) is 7.11 Å². The standard InChI is InChI=1S/C13H27NO4/c1-5-17-13(11(2)3)12(16-4)7-6-8-14(13)18-10-9-15/h11-12,15H,5-10H2,1-4H3. The number of rotatable bonds is 7. The Balaban J connectivity index is 2.95. The van der Waals surface area contributed by atoms with E-state index in [1.165, 1.54) is 0 Å². The number of hydroxylamine groups is 2. The average Bonchev–Trinajstić information content (AvgIpc) is 2.37. The zero-order chi connectivity index (χ0) is 13.6. The predicted octanol–water partition coefficient (Wildman–Crippen LogP) is 1.41. The van der Waals surface area contributed by atoms with Gasteiger partial charge < -0.3 is 14.6 Å². The summed E-state index contributed by atoms with van der Waals surface area (Å²) in [5, 5.41) is 10.8. The van der Waals surface area contributed by atoms with Crippen LogP contribution in [0.2, 0.25) is 0 Å². The average molecular weight is 261 g/mol. The molecule has 1 N–H and O–H groups in total. The van der Waals surface area contributed by atoms with Crippen LogP contribution in [0.15, 0.2) is 0 Å². The van der Waals surface area contributed by atoms with Crippen LogP contribution in [0.3, 0.4) is 0 Å². The van der Waals surface area contributed by atoms with Crippen molar-refractivity contribution >= 4 is 0 Å². The summed E-state index contributed by atoms with van der Waals surface area (Å²) in [6.45, 7) is 7.92. The van der Waals surface area contributed by atoms with Crippen LogP contribution in [0.25, 0.3) is 0 Å². The highest BCUT2D eigenvalue weighted by atomic mass is 16.7. The molecule has 0 aliphatic carbocycles. The van der Waals surface area contributed by atoms with Crippen molar-refractivity contribution in [2.75, 3.05) is 33.5 Å². The van der Waals surface area contributed by atoms with Gasteiger partial charge in [0.15, 0.2) is 5.72 Å². The van der Waals surface area contributed by atoms with Gasteiger partial charge in [-0.25, -0.2) is 0 Å². The van der Waals surface area contributed by atoms with Crippen LogP contribution < -0.4 is 0 Å². The van der Waals surface area contributed by atoms with Gasteiger partial charge in [-0.15, -0.1) is 0 Å². The second-order valence-electron chi connectivity index (χ2n) is 4.87. The van der Waals surface area contributed by atoms with Gasteiger partial charge in [0, 0.05) is 26.2 Å². The second kappa shape index (κ2) is 7.40. The third kappa shape index (κ3) is 3.03. The normalized spacial score (nSPS) is 30.0. The molecule has 1 saturated heterocycles. The molecule has 0 bridgehead atoms. The summed E-state index contributed by atoms with van der Waals surface area (Å²) < 4.78 is 11.7. The molecule has 2 atom stereocenters. The Morgan fingerprint density at radius 2 is 2.17 bits per heavy atom. The first-order chi connectivity index (χ1) is 8.63. The van der Waals surface area contributed by atoms with E-state index in [2.05, 4.69) is 13.8 Å². The molecular formula is C13H27NO4. The molecule has 1 rings (SSSR count). The lowest BCUT2D eigenvalue weighted by molar-refractivity contribution is -0.367. The van der Waals surface area contributed by atoms with E-state index in [4.69, 9.17) is 19.4 Å². The number of piperidine rings is 1. The maximum absolute atomic E-state index is 8.93. The molecule has 1 aliphatic heterocycles. The molecule has 0 amide bonds. The highest BCUT2D eigenvalue weighted by Gasteiger charge is 2.51. The highest BCUT2D eigenvalue weighted by Crippen LogP contribution is 2.38. The van der Waals surface area contributed by atoms with Crippen LogP contribution in [0, 0.1) is 5.92 Å². The molecule has 1 fully saturated rings. The van der Waals surface area contributed by atoms with Gasteiger partial charge in [-0.2, -0.15) is 5.06 Å². The number of aliphatic hydroxyl groups excluding tert-OH is 1. The number of hydrogen-bond acceptors (Lipinski definition) is 5. The number of ether oxygens (including phenoxy) is 2. The zero-order valence-corrected chi connectivity index (χ0v) is 12.0. The Labute approximate surface area is 110 Å². The van der Waals surface area contributed by atoms with E-state index in [0.29, 0.717) is 6.61 Å². The van der Waals surface area contributed by atoms with Crippen LogP contribution in [-0.2, 0) is 14.3 Å². The minimum Gasteiger partial charge on any atom is -0.394 e. The van der Waals surface area contributed by atoms with E-state index >= 15 is 0 Å². The summed E-state index contributed by atoms with van der Waals surface area (Å²) in [6.07, 6.45) is 1.96. The van der Waals surface area contributed by atoms with Crippen molar-refractivity contribution in [2.45, 2.75) is 45.4 Å². The van der Waals surface area contributed by atoms with Crippen molar-refractivity contribution < 1.29 is 19.4 Å². The minimum absolute atomic E-state index is 0.00838. The molecule has 5 heteroatoms. The quantitative estimate of drug-likeness (QED) is 0.751. The Bertz CT molecular complexity index is 237. The van der Waals surface area contributed by atoms with Gasteiger partial charge >= 0.3 is 0 Å². The zero-order valence-electron chi connectivity index (χ0n) is 12.0. The van der Waals surface area contributed by atoms with Crippen molar-refractivity contribution in [1.29, 1.82) is 0 Å². The van der Waals surface area contributed by atoms with E-state index in [-0.39, 0.29) is 25.2 Å². The Morgan fingerprint density at radius 3 is 2.67 bits per heavy atom. The van der Waals surface area contributed by atoms with E-state index in [0.717, 1.165) is 19.4 Å². The van der Waals surface area contributed by atoms with Gasteiger partial charge in [0.2, 0.25) is 0 Å². The maximum atomic E-state index is 8.93. The lowest BCUT2D eigenvalue weighted by atomic mass is 9.87. The van der Waals surface area contributed by atoms with Crippen molar-refractivity contribution in [3.63, 3.8) is 0 Å². The third-order valence-electron chi connectivity index (χ3n) is 3.50. The summed E-state index contributed by atoms with van der Waals surface area (Å²) in [7, 11) is 1.72. The Kier molecular flexibility index (Phi) is 6.52. The first kappa shape index (κ1) is 15.9. The molecule has 0 radical (unpaired) electrons. The minimum atomic E-state index is -0.559. The summed E-state index contributed by atoms with van der Waals surface area (Å²) >= 11 is 0. The van der Waals surface area contributed by atoms with Gasteiger partial charge in [-0.1, -0.05) is 13.8 Å². The molecule has 2 unspecified atom stereocenters. The molecule has 0 aromatic rings. The SMILES string of the molecule is CCOC1(C(C)C)C(OC)CCCN1OCCO. The van der Waals surface area contributed by atoms with Crippen molar-refractivity contribution in [2.24, 2.45) is 5.92 Å². The molecule has 0 spiro atoms. The first-order valence-corrected chi connectivity index (χ1v) is 6.81. The van der Waals surface area contributed by atoms with Crippen LogP contribution >= 0.6 is 0 Å². The van der Waals surface area contributed by atoms with Gasteiger partial charge in [0.25, 0.3) is 0 Å². The smallest absolute Gasteiger partial charge is 0.171 e. The second-order valence-corrected chi connectivity index (χ2v) is 4.87. The topological polar surface area (TPSA) is 51.2 Å². The summed E-state index contributed by atoms with van der Waals surface area (Å²) in [5.41, 5.74) is -0.559. The molecule has 0 aromatic heterocycles. The van der Waals surface area contributed by atoms with E-state index in [1.807, 2.05) is 12.0 Å². The fourth-order valence-corrected chi connectivity index (χ4v) is 2.79. The van der Waals surface area contributed by atoms with Gasteiger partial charge in [-0.05, 0) is 19.8 Å². The molecule has 1 heterocycles. The number of nitrogens with zero attached hydrogens (tertiary/aromatic N) is 1. The van der Waals surface area contributed by atoms with Crippen molar-refractivity contribution in [3.05, 3.63) is 0 Å². The number of aliphatic hydroxyl groups is 1. The third-order valence-corrected chi connectivity index (χ3v) is 3.50. The lowest BCUT2D eigenvalue weighted by Crippen LogP contribution is -2.65. The molecular weight excluding hydrogens is 234 g/mol. The Hall–Kier alpha value is -0.200.